The van der Waals surface area contributed by atoms with Crippen LogP contribution in [0.25, 0.3) is 0 Å². The molecule has 1 N–H and O–H groups in total. The van der Waals surface area contributed by atoms with Gasteiger partial charge in [-0.15, -0.1) is 11.8 Å². The molecule has 1 aromatic carbocycles. The van der Waals surface area contributed by atoms with E-state index in [1.165, 1.54) is 43.8 Å². The summed E-state index contributed by atoms with van der Waals surface area (Å²) in [6, 6.07) is 9.33. The number of hydrogen-bond donors (Lipinski definition) is 1. The van der Waals surface area contributed by atoms with E-state index in [-0.39, 0.29) is 5.91 Å². The van der Waals surface area contributed by atoms with E-state index in [2.05, 4.69) is 52.7 Å². The lowest BCUT2D eigenvalue weighted by Gasteiger charge is -2.41. The Hall–Kier alpha value is -1.04. The lowest BCUT2D eigenvalue weighted by molar-refractivity contribution is -0.121. The third-order valence-electron chi connectivity index (χ3n) is 5.55. The number of hydrogen-bond acceptors (Lipinski definition) is 4. The van der Waals surface area contributed by atoms with Gasteiger partial charge in [-0.3, -0.25) is 9.69 Å². The van der Waals surface area contributed by atoms with Crippen LogP contribution in [0.3, 0.4) is 0 Å². The molecule has 138 valence electrons. The summed E-state index contributed by atoms with van der Waals surface area (Å²) in [6.45, 7) is 4.61. The van der Waals surface area contributed by atoms with Gasteiger partial charge in [-0.25, -0.2) is 0 Å². The summed E-state index contributed by atoms with van der Waals surface area (Å²) in [5, 5.41) is 3.28. The van der Waals surface area contributed by atoms with E-state index in [1.54, 1.807) is 11.8 Å². The third kappa shape index (κ3) is 5.47. The van der Waals surface area contributed by atoms with Gasteiger partial charge in [0.1, 0.15) is 0 Å². The summed E-state index contributed by atoms with van der Waals surface area (Å²) in [6.07, 6.45) is 7.39. The molecule has 4 nitrogen and oxygen atoms in total. The van der Waals surface area contributed by atoms with Crippen LogP contribution in [0.1, 0.15) is 31.2 Å². The summed E-state index contributed by atoms with van der Waals surface area (Å²) in [4.78, 5) is 18.7. The highest BCUT2D eigenvalue weighted by atomic mass is 32.2. The zero-order valence-corrected chi connectivity index (χ0v) is 16.4. The second kappa shape index (κ2) is 9.06. The van der Waals surface area contributed by atoms with E-state index in [9.17, 15) is 4.79 Å². The van der Waals surface area contributed by atoms with Gasteiger partial charge in [-0.1, -0.05) is 12.1 Å². The van der Waals surface area contributed by atoms with Crippen molar-refractivity contribution in [3.63, 3.8) is 0 Å². The summed E-state index contributed by atoms with van der Waals surface area (Å²) < 4.78 is 0. The van der Waals surface area contributed by atoms with Crippen molar-refractivity contribution in [1.29, 1.82) is 0 Å². The first kappa shape index (κ1) is 18.7. The number of nitrogens with zero attached hydrogens (tertiary/aromatic N) is 2. The molecule has 0 radical (unpaired) electrons. The first-order chi connectivity index (χ1) is 12.1. The quantitative estimate of drug-likeness (QED) is 0.818. The number of likely N-dealkylation sites (tertiary alicyclic amines) is 2. The maximum absolute atomic E-state index is 12.4. The highest BCUT2D eigenvalue weighted by Crippen LogP contribution is 2.21. The van der Waals surface area contributed by atoms with Gasteiger partial charge < -0.3 is 10.2 Å². The van der Waals surface area contributed by atoms with Crippen molar-refractivity contribution in [3.8, 4) is 0 Å². The highest BCUT2D eigenvalue weighted by molar-refractivity contribution is 7.98. The van der Waals surface area contributed by atoms with Crippen LogP contribution >= 0.6 is 11.8 Å². The fraction of sp³-hybridized carbons (Fsp3) is 0.650. The predicted octanol–water partition coefficient (Wildman–Crippen LogP) is 2.63. The van der Waals surface area contributed by atoms with Crippen molar-refractivity contribution in [2.24, 2.45) is 0 Å². The number of carbonyl (C=O) groups excluding carboxylic acids is 1. The lowest BCUT2D eigenvalue weighted by Crippen LogP contribution is -2.53. The molecule has 0 bridgehead atoms. The molecule has 0 aromatic heterocycles. The highest BCUT2D eigenvalue weighted by Gasteiger charge is 2.28. The van der Waals surface area contributed by atoms with E-state index >= 15 is 0 Å². The number of piperidine rings is 2. The van der Waals surface area contributed by atoms with Crippen molar-refractivity contribution in [1.82, 2.24) is 15.1 Å². The molecule has 2 heterocycles. The topological polar surface area (TPSA) is 35.6 Å². The van der Waals surface area contributed by atoms with Crippen LogP contribution in [0.5, 0.6) is 0 Å². The van der Waals surface area contributed by atoms with Crippen molar-refractivity contribution in [2.75, 3.05) is 39.5 Å². The van der Waals surface area contributed by atoms with Crippen molar-refractivity contribution in [2.45, 2.75) is 49.1 Å². The smallest absolute Gasteiger partial charge is 0.224 e. The fourth-order valence-electron chi connectivity index (χ4n) is 4.02. The molecule has 1 unspecified atom stereocenters. The molecule has 1 aromatic rings. The van der Waals surface area contributed by atoms with Gasteiger partial charge in [0.2, 0.25) is 5.91 Å². The number of thioether (sulfide) groups is 1. The molecule has 1 amide bonds. The van der Waals surface area contributed by atoms with Crippen LogP contribution in [0, 0.1) is 0 Å². The molecule has 0 spiro atoms. The number of benzene rings is 1. The molecule has 1 atom stereocenters. The maximum Gasteiger partial charge on any atom is 0.224 e. The number of amides is 1. The van der Waals surface area contributed by atoms with Gasteiger partial charge in [0.05, 0.1) is 6.42 Å². The summed E-state index contributed by atoms with van der Waals surface area (Å²) in [7, 11) is 2.21. The fourth-order valence-corrected chi connectivity index (χ4v) is 4.43. The Morgan fingerprint density at radius 2 is 1.88 bits per heavy atom. The SMILES string of the molecule is CSc1ccc(CC(=O)NC2CCCN(C3CCN(C)CC3)C2)cc1. The second-order valence-corrected chi connectivity index (χ2v) is 8.34. The minimum absolute atomic E-state index is 0.159. The van der Waals surface area contributed by atoms with E-state index in [1.807, 2.05) is 0 Å². The molecule has 0 saturated carbocycles. The predicted molar refractivity (Wildman–Crippen MR) is 105 cm³/mol. The molecule has 3 rings (SSSR count). The number of rotatable bonds is 5. The Balaban J connectivity index is 1.47. The Kier molecular flexibility index (Phi) is 6.79. The summed E-state index contributed by atoms with van der Waals surface area (Å²) in [5.41, 5.74) is 1.10. The summed E-state index contributed by atoms with van der Waals surface area (Å²) in [5.74, 6) is 0.159. The van der Waals surface area contributed by atoms with Crippen LogP contribution in [-0.4, -0.2) is 67.3 Å². The number of carbonyl (C=O) groups is 1. The monoisotopic (exact) mass is 361 g/mol. The minimum Gasteiger partial charge on any atom is -0.352 e. The summed E-state index contributed by atoms with van der Waals surface area (Å²) >= 11 is 1.73. The molecule has 2 aliphatic rings. The molecular weight excluding hydrogens is 330 g/mol. The second-order valence-electron chi connectivity index (χ2n) is 7.46. The van der Waals surface area contributed by atoms with Crippen LogP contribution in [0.4, 0.5) is 0 Å². The average Bonchev–Trinajstić information content (AvgIpc) is 2.63. The molecule has 2 fully saturated rings. The molecule has 25 heavy (non-hydrogen) atoms. The maximum atomic E-state index is 12.4. The minimum atomic E-state index is 0.159. The largest absolute Gasteiger partial charge is 0.352 e. The zero-order valence-electron chi connectivity index (χ0n) is 15.5. The van der Waals surface area contributed by atoms with Crippen LogP contribution < -0.4 is 5.32 Å². The van der Waals surface area contributed by atoms with E-state index in [0.29, 0.717) is 18.5 Å². The van der Waals surface area contributed by atoms with Gasteiger partial charge in [-0.2, -0.15) is 0 Å². The van der Waals surface area contributed by atoms with Crippen LogP contribution in [0.2, 0.25) is 0 Å². The van der Waals surface area contributed by atoms with Crippen LogP contribution in [0.15, 0.2) is 29.2 Å². The Labute approximate surface area is 156 Å². The van der Waals surface area contributed by atoms with E-state index < -0.39 is 0 Å². The van der Waals surface area contributed by atoms with E-state index in [4.69, 9.17) is 0 Å². The van der Waals surface area contributed by atoms with E-state index in [0.717, 1.165) is 18.5 Å². The van der Waals surface area contributed by atoms with Crippen molar-refractivity contribution in [3.05, 3.63) is 29.8 Å². The van der Waals surface area contributed by atoms with Crippen LogP contribution in [-0.2, 0) is 11.2 Å². The molecule has 5 heteroatoms. The van der Waals surface area contributed by atoms with Gasteiger partial charge in [0.25, 0.3) is 0 Å². The average molecular weight is 362 g/mol. The normalized spacial score (nSPS) is 23.5. The first-order valence-electron chi connectivity index (χ1n) is 9.49. The van der Waals surface area contributed by atoms with Crippen molar-refractivity contribution >= 4 is 17.7 Å². The number of nitrogens with one attached hydrogen (secondary N) is 1. The lowest BCUT2D eigenvalue weighted by atomic mass is 9.98. The Morgan fingerprint density at radius 3 is 2.56 bits per heavy atom. The standard InChI is InChI=1S/C20H31N3OS/c1-22-12-9-18(10-13-22)23-11-3-4-17(15-23)21-20(24)14-16-5-7-19(25-2)8-6-16/h5-8,17-18H,3-4,9-15H2,1-2H3,(H,21,24). The first-order valence-corrected chi connectivity index (χ1v) is 10.7. The van der Waals surface area contributed by atoms with Gasteiger partial charge in [0.15, 0.2) is 0 Å². The van der Waals surface area contributed by atoms with Gasteiger partial charge >= 0.3 is 0 Å². The van der Waals surface area contributed by atoms with Gasteiger partial charge in [-0.05, 0) is 76.3 Å². The molecule has 2 saturated heterocycles. The zero-order chi connectivity index (χ0) is 17.6. The third-order valence-corrected chi connectivity index (χ3v) is 6.29. The van der Waals surface area contributed by atoms with Gasteiger partial charge in [0, 0.05) is 23.5 Å². The Bertz CT molecular complexity index is 555. The Morgan fingerprint density at radius 1 is 1.16 bits per heavy atom. The van der Waals surface area contributed by atoms with Crippen molar-refractivity contribution < 1.29 is 4.79 Å². The molecule has 0 aliphatic carbocycles. The molecular formula is C20H31N3OS. The molecule has 2 aliphatic heterocycles.